The first kappa shape index (κ1) is 18.8. The highest BCUT2D eigenvalue weighted by Crippen LogP contribution is 2.22. The van der Waals surface area contributed by atoms with Crippen molar-refractivity contribution in [2.24, 2.45) is 5.92 Å². The van der Waals surface area contributed by atoms with Gasteiger partial charge in [-0.25, -0.2) is 8.42 Å². The Morgan fingerprint density at radius 1 is 1.08 bits per heavy atom. The Morgan fingerprint density at radius 3 is 2.35 bits per heavy atom. The topological polar surface area (TPSA) is 78.0 Å². The summed E-state index contributed by atoms with van der Waals surface area (Å²) < 4.78 is 27.1. The van der Waals surface area contributed by atoms with Crippen LogP contribution in [0.25, 0.3) is 0 Å². The van der Waals surface area contributed by atoms with E-state index < -0.39 is 10.0 Å². The number of hydrogen-bond donors (Lipinski definition) is 0. The number of likely N-dealkylation sites (tertiary alicyclic amines) is 1. The number of carbonyl (C=O) groups is 2. The zero-order valence-electron chi connectivity index (χ0n) is 15.0. The van der Waals surface area contributed by atoms with E-state index in [1.165, 1.54) is 16.4 Å². The second-order valence-corrected chi connectivity index (χ2v) is 8.99. The van der Waals surface area contributed by atoms with Crippen LogP contribution in [0.5, 0.6) is 0 Å². The predicted molar refractivity (Wildman–Crippen MR) is 97.1 cm³/mol. The molecule has 26 heavy (non-hydrogen) atoms. The minimum atomic E-state index is -3.67. The molecule has 2 aliphatic rings. The number of sulfonamides is 1. The van der Waals surface area contributed by atoms with Crippen LogP contribution in [0.1, 0.15) is 30.1 Å². The van der Waals surface area contributed by atoms with Gasteiger partial charge in [0.1, 0.15) is 0 Å². The quantitative estimate of drug-likeness (QED) is 0.732. The fourth-order valence-corrected chi connectivity index (χ4v) is 4.85. The maximum atomic E-state index is 12.9. The van der Waals surface area contributed by atoms with Gasteiger partial charge in [0.05, 0.1) is 4.90 Å². The van der Waals surface area contributed by atoms with E-state index in [4.69, 9.17) is 0 Å². The number of carbonyl (C=O) groups excluding carboxylic acids is 2. The van der Waals surface area contributed by atoms with Gasteiger partial charge >= 0.3 is 0 Å². The van der Waals surface area contributed by atoms with Crippen LogP contribution in [0.3, 0.4) is 0 Å². The standard InChI is InChI=1S/C18H25N3O4S/c1-15-5-7-20(8-6-15)18(23)16-3-2-4-17(13-16)26(24,25)21-11-9-19(14-22)10-12-21/h2-4,13-15H,5-12H2,1H3. The summed E-state index contributed by atoms with van der Waals surface area (Å²) in [6.07, 6.45) is 2.69. The van der Waals surface area contributed by atoms with Gasteiger partial charge in [-0.2, -0.15) is 4.31 Å². The van der Waals surface area contributed by atoms with E-state index in [0.717, 1.165) is 19.3 Å². The number of nitrogens with zero attached hydrogens (tertiary/aromatic N) is 3. The summed E-state index contributed by atoms with van der Waals surface area (Å²) in [6, 6.07) is 6.29. The number of piperazine rings is 1. The lowest BCUT2D eigenvalue weighted by molar-refractivity contribution is -0.119. The number of piperidine rings is 1. The lowest BCUT2D eigenvalue weighted by Gasteiger charge is -2.32. The van der Waals surface area contributed by atoms with Crippen molar-refractivity contribution >= 4 is 22.3 Å². The van der Waals surface area contributed by atoms with E-state index in [0.29, 0.717) is 37.7 Å². The summed E-state index contributed by atoms with van der Waals surface area (Å²) in [5.41, 5.74) is 0.409. The zero-order valence-corrected chi connectivity index (χ0v) is 15.8. The highest BCUT2D eigenvalue weighted by molar-refractivity contribution is 7.89. The average Bonchev–Trinajstić information content (AvgIpc) is 2.68. The van der Waals surface area contributed by atoms with Gasteiger partial charge in [0, 0.05) is 44.8 Å². The third-order valence-corrected chi connectivity index (χ3v) is 7.11. The maximum absolute atomic E-state index is 12.9. The summed E-state index contributed by atoms with van der Waals surface area (Å²) in [4.78, 5) is 27.0. The Bertz CT molecular complexity index is 764. The first-order chi connectivity index (χ1) is 12.4. The number of amides is 2. The zero-order chi connectivity index (χ0) is 18.7. The molecule has 2 amide bonds. The summed E-state index contributed by atoms with van der Waals surface area (Å²) in [7, 11) is -3.67. The Morgan fingerprint density at radius 2 is 1.73 bits per heavy atom. The molecule has 0 bridgehead atoms. The van der Waals surface area contributed by atoms with Gasteiger partial charge in [0.2, 0.25) is 16.4 Å². The van der Waals surface area contributed by atoms with Gasteiger partial charge in [0.25, 0.3) is 5.91 Å². The summed E-state index contributed by atoms with van der Waals surface area (Å²) >= 11 is 0. The van der Waals surface area contributed by atoms with E-state index in [-0.39, 0.29) is 23.9 Å². The molecule has 1 aromatic carbocycles. The minimum absolute atomic E-state index is 0.111. The fourth-order valence-electron chi connectivity index (χ4n) is 3.38. The van der Waals surface area contributed by atoms with Crippen molar-refractivity contribution in [1.29, 1.82) is 0 Å². The second-order valence-electron chi connectivity index (χ2n) is 7.05. The van der Waals surface area contributed by atoms with Crippen molar-refractivity contribution in [1.82, 2.24) is 14.1 Å². The van der Waals surface area contributed by atoms with Crippen LogP contribution < -0.4 is 0 Å². The summed E-state index contributed by atoms with van der Waals surface area (Å²) in [5.74, 6) is 0.510. The molecule has 7 nitrogen and oxygen atoms in total. The molecule has 0 saturated carbocycles. The van der Waals surface area contributed by atoms with Crippen molar-refractivity contribution in [3.8, 4) is 0 Å². The molecule has 0 atom stereocenters. The molecule has 2 saturated heterocycles. The summed E-state index contributed by atoms with van der Waals surface area (Å²) in [5, 5.41) is 0. The molecule has 3 rings (SSSR count). The Kier molecular flexibility index (Phi) is 5.62. The number of benzene rings is 1. The molecule has 0 unspecified atom stereocenters. The first-order valence-corrected chi connectivity index (χ1v) is 10.4. The van der Waals surface area contributed by atoms with Crippen molar-refractivity contribution in [3.63, 3.8) is 0 Å². The molecule has 1 aromatic rings. The van der Waals surface area contributed by atoms with E-state index >= 15 is 0 Å². The van der Waals surface area contributed by atoms with Crippen LogP contribution >= 0.6 is 0 Å². The third-order valence-electron chi connectivity index (χ3n) is 5.21. The average molecular weight is 379 g/mol. The van der Waals surface area contributed by atoms with Crippen molar-refractivity contribution in [3.05, 3.63) is 29.8 Å². The lowest BCUT2D eigenvalue weighted by Crippen LogP contribution is -2.48. The highest BCUT2D eigenvalue weighted by atomic mass is 32.2. The molecule has 2 aliphatic heterocycles. The van der Waals surface area contributed by atoms with E-state index in [9.17, 15) is 18.0 Å². The van der Waals surface area contributed by atoms with Crippen LogP contribution in [0.4, 0.5) is 0 Å². The van der Waals surface area contributed by atoms with Crippen molar-refractivity contribution in [2.75, 3.05) is 39.3 Å². The van der Waals surface area contributed by atoms with Gasteiger partial charge in [-0.1, -0.05) is 13.0 Å². The minimum Gasteiger partial charge on any atom is -0.343 e. The van der Waals surface area contributed by atoms with Gasteiger partial charge in [0.15, 0.2) is 0 Å². The molecule has 0 aromatic heterocycles. The van der Waals surface area contributed by atoms with Gasteiger partial charge in [-0.3, -0.25) is 9.59 Å². The lowest BCUT2D eigenvalue weighted by atomic mass is 9.98. The van der Waals surface area contributed by atoms with Crippen LogP contribution in [0.2, 0.25) is 0 Å². The molecule has 142 valence electrons. The first-order valence-electron chi connectivity index (χ1n) is 9.00. The molecule has 0 N–H and O–H groups in total. The van der Waals surface area contributed by atoms with E-state index in [1.807, 2.05) is 0 Å². The smallest absolute Gasteiger partial charge is 0.253 e. The monoisotopic (exact) mass is 379 g/mol. The SMILES string of the molecule is CC1CCN(C(=O)c2cccc(S(=O)(=O)N3CCN(C=O)CC3)c2)CC1. The van der Waals surface area contributed by atoms with Crippen LogP contribution in [0.15, 0.2) is 29.2 Å². The number of hydrogen-bond acceptors (Lipinski definition) is 4. The Labute approximate surface area is 154 Å². The molecule has 2 fully saturated rings. The molecule has 0 radical (unpaired) electrons. The largest absolute Gasteiger partial charge is 0.343 e. The number of rotatable bonds is 4. The normalized spacial score (nSPS) is 20.2. The molecule has 2 heterocycles. The van der Waals surface area contributed by atoms with E-state index in [1.54, 1.807) is 21.9 Å². The second kappa shape index (κ2) is 7.75. The molecule has 8 heteroatoms. The van der Waals surface area contributed by atoms with Crippen LogP contribution in [-0.4, -0.2) is 74.1 Å². The summed E-state index contributed by atoms with van der Waals surface area (Å²) in [6.45, 7) is 4.90. The van der Waals surface area contributed by atoms with Crippen molar-refractivity contribution < 1.29 is 18.0 Å². The Balaban J connectivity index is 1.76. The van der Waals surface area contributed by atoms with Gasteiger partial charge < -0.3 is 9.80 Å². The fraction of sp³-hybridized carbons (Fsp3) is 0.556. The van der Waals surface area contributed by atoms with Gasteiger partial charge in [-0.05, 0) is 37.0 Å². The molecule has 0 spiro atoms. The highest BCUT2D eigenvalue weighted by Gasteiger charge is 2.29. The van der Waals surface area contributed by atoms with Crippen molar-refractivity contribution in [2.45, 2.75) is 24.7 Å². The Hall–Kier alpha value is -1.93. The molecule has 0 aliphatic carbocycles. The molecular weight excluding hydrogens is 354 g/mol. The predicted octanol–water partition coefficient (Wildman–Crippen LogP) is 1.02. The third kappa shape index (κ3) is 3.91. The van der Waals surface area contributed by atoms with Crippen LogP contribution in [-0.2, 0) is 14.8 Å². The maximum Gasteiger partial charge on any atom is 0.253 e. The molecular formula is C18H25N3O4S. The van der Waals surface area contributed by atoms with Crippen LogP contribution in [0, 0.1) is 5.92 Å². The van der Waals surface area contributed by atoms with Gasteiger partial charge in [-0.15, -0.1) is 0 Å². The van der Waals surface area contributed by atoms with E-state index in [2.05, 4.69) is 6.92 Å².